The van der Waals surface area contributed by atoms with Gasteiger partial charge in [-0.1, -0.05) is 11.6 Å². The van der Waals surface area contributed by atoms with Crippen LogP contribution < -0.4 is 21.3 Å². The molecule has 0 spiro atoms. The Kier molecular flexibility index (Phi) is 10.0. The number of carbonyl (C=O) groups excluding carboxylic acids is 3. The lowest BCUT2D eigenvalue weighted by Gasteiger charge is -2.20. The Morgan fingerprint density at radius 1 is 1.32 bits per heavy atom. The number of alkyl halides is 1. The van der Waals surface area contributed by atoms with E-state index in [1.165, 1.54) is 30.6 Å². The van der Waals surface area contributed by atoms with E-state index in [0.29, 0.717) is 11.6 Å². The molecule has 2 atom stereocenters. The van der Waals surface area contributed by atoms with Gasteiger partial charge in [-0.15, -0.1) is 0 Å². The third kappa shape index (κ3) is 8.29. The monoisotopic (exact) mass is 598 g/mol. The van der Waals surface area contributed by atoms with E-state index in [1.54, 1.807) is 6.92 Å². The highest BCUT2D eigenvalue weighted by Crippen LogP contribution is 2.36. The molecule has 0 aliphatic carbocycles. The summed E-state index contributed by atoms with van der Waals surface area (Å²) in [6, 6.07) is 3.42. The molecule has 0 saturated carbocycles. The first kappa shape index (κ1) is 28.1. The van der Waals surface area contributed by atoms with E-state index in [2.05, 4.69) is 47.2 Å². The molecule has 2 amide bonds. The number of aromatic nitrogens is 1. The summed E-state index contributed by atoms with van der Waals surface area (Å²) < 4.78 is 18.5. The zero-order valence-corrected chi connectivity index (χ0v) is 22.0. The second-order valence-corrected chi connectivity index (χ2v) is 9.18. The largest absolute Gasteiger partial charge is 0.506 e. The van der Waals surface area contributed by atoms with Gasteiger partial charge in [-0.05, 0) is 41.1 Å². The smallest absolute Gasteiger partial charge is 0.308 e. The van der Waals surface area contributed by atoms with Crippen molar-refractivity contribution in [3.8, 4) is 5.75 Å². The van der Waals surface area contributed by atoms with Crippen molar-refractivity contribution in [1.82, 2.24) is 20.9 Å². The summed E-state index contributed by atoms with van der Waals surface area (Å²) in [5, 5.41) is 21.5. The number of guanidine groups is 1. The summed E-state index contributed by atoms with van der Waals surface area (Å²) in [4.78, 5) is 45.4. The van der Waals surface area contributed by atoms with Crippen LogP contribution in [0.15, 0.2) is 40.1 Å². The highest BCUT2D eigenvalue weighted by molar-refractivity contribution is 9.10. The Hall–Kier alpha value is -3.45. The molecule has 198 valence electrons. The van der Waals surface area contributed by atoms with E-state index in [9.17, 15) is 23.9 Å². The average molecular weight is 600 g/mol. The maximum atomic E-state index is 13.2. The number of aliphatic imine (C=N–C) groups is 1. The molecular weight excluding hydrogens is 575 g/mol. The molecule has 1 aromatic heterocycles. The SMILES string of the molecule is CCOC(=O)C[C@@H](NC(=O)CNC(=O)c1cncc(NC2=NCC(F)CN2)c1)c1cc(Cl)cc(Br)c1O. The first-order valence-electron chi connectivity index (χ1n) is 11.2. The number of halogens is 3. The van der Waals surface area contributed by atoms with Gasteiger partial charge in [0.25, 0.3) is 5.91 Å². The first-order chi connectivity index (χ1) is 17.7. The van der Waals surface area contributed by atoms with E-state index >= 15 is 0 Å². The predicted octanol–water partition coefficient (Wildman–Crippen LogP) is 2.45. The minimum atomic E-state index is -1.06. The molecule has 37 heavy (non-hydrogen) atoms. The first-order valence-corrected chi connectivity index (χ1v) is 12.4. The second-order valence-electron chi connectivity index (χ2n) is 7.89. The number of amides is 2. The quantitative estimate of drug-likeness (QED) is 0.276. The van der Waals surface area contributed by atoms with Gasteiger partial charge in [-0.3, -0.25) is 19.4 Å². The number of ether oxygens (including phenoxy) is 1. The van der Waals surface area contributed by atoms with Crippen molar-refractivity contribution in [3.63, 3.8) is 0 Å². The Bertz CT molecular complexity index is 1200. The maximum absolute atomic E-state index is 13.2. The van der Waals surface area contributed by atoms with Crippen molar-refractivity contribution in [3.05, 3.63) is 51.2 Å². The number of aromatic hydroxyl groups is 1. The van der Waals surface area contributed by atoms with Crippen LogP contribution in [0.25, 0.3) is 0 Å². The van der Waals surface area contributed by atoms with E-state index in [-0.39, 0.29) is 52.5 Å². The van der Waals surface area contributed by atoms with Crippen LogP contribution in [0.5, 0.6) is 5.75 Å². The summed E-state index contributed by atoms with van der Waals surface area (Å²) in [5.41, 5.74) is 0.808. The third-order valence-electron chi connectivity index (χ3n) is 5.06. The number of benzene rings is 1. The summed E-state index contributed by atoms with van der Waals surface area (Å²) in [6.07, 6.45) is 1.45. The van der Waals surface area contributed by atoms with Crippen LogP contribution in [-0.4, -0.2) is 66.2 Å². The van der Waals surface area contributed by atoms with Crippen LogP contribution in [-0.2, 0) is 14.3 Å². The van der Waals surface area contributed by atoms with Gasteiger partial charge >= 0.3 is 5.97 Å². The van der Waals surface area contributed by atoms with Gasteiger partial charge in [0.15, 0.2) is 5.96 Å². The number of carbonyl (C=O) groups is 3. The highest BCUT2D eigenvalue weighted by Gasteiger charge is 2.24. The van der Waals surface area contributed by atoms with Crippen molar-refractivity contribution >= 4 is 57.0 Å². The molecule has 2 aromatic rings. The molecule has 3 rings (SSSR count). The van der Waals surface area contributed by atoms with Gasteiger partial charge in [0, 0.05) is 16.8 Å². The molecular formula is C23H25BrClFN6O5. The molecule has 14 heteroatoms. The van der Waals surface area contributed by atoms with Gasteiger partial charge in [0.2, 0.25) is 5.91 Å². The van der Waals surface area contributed by atoms with Gasteiger partial charge in [0.05, 0.1) is 60.6 Å². The van der Waals surface area contributed by atoms with Crippen LogP contribution in [0, 0.1) is 0 Å². The second kappa shape index (κ2) is 13.2. The average Bonchev–Trinajstić information content (AvgIpc) is 2.86. The van der Waals surface area contributed by atoms with Crippen LogP contribution in [0.3, 0.4) is 0 Å². The molecule has 1 aliphatic heterocycles. The summed E-state index contributed by atoms with van der Waals surface area (Å²) >= 11 is 9.27. The number of esters is 1. The molecule has 0 saturated heterocycles. The zero-order chi connectivity index (χ0) is 26.9. The summed E-state index contributed by atoms with van der Waals surface area (Å²) in [7, 11) is 0. The fourth-order valence-electron chi connectivity index (χ4n) is 3.36. The zero-order valence-electron chi connectivity index (χ0n) is 19.7. The van der Waals surface area contributed by atoms with Crippen molar-refractivity contribution in [2.75, 3.05) is 31.6 Å². The van der Waals surface area contributed by atoms with Gasteiger partial charge < -0.3 is 31.1 Å². The number of phenols is 1. The van der Waals surface area contributed by atoms with E-state index in [4.69, 9.17) is 16.3 Å². The fraction of sp³-hybridized carbons (Fsp3) is 0.348. The van der Waals surface area contributed by atoms with E-state index < -0.39 is 36.5 Å². The fourth-order valence-corrected chi connectivity index (χ4v) is 4.19. The van der Waals surface area contributed by atoms with Crippen molar-refractivity contribution in [1.29, 1.82) is 0 Å². The van der Waals surface area contributed by atoms with Crippen LogP contribution >= 0.6 is 27.5 Å². The number of nitrogens with one attached hydrogen (secondary N) is 4. The number of rotatable bonds is 9. The van der Waals surface area contributed by atoms with Gasteiger partial charge in [-0.2, -0.15) is 0 Å². The highest BCUT2D eigenvalue weighted by atomic mass is 79.9. The standard InChI is InChI=1S/C23H25BrClFN6O5/c1-2-37-20(34)6-18(16-4-13(25)5-17(24)21(16)35)32-19(33)11-28-22(36)12-3-15(10-27-7-12)31-23-29-8-14(26)9-30-23/h3-5,7,10,14,18,35H,2,6,8-9,11H2,1H3,(H,28,36)(H,32,33)(H2,29,30,31)/t18-/m1/s1. The molecule has 11 nitrogen and oxygen atoms in total. The Morgan fingerprint density at radius 3 is 2.81 bits per heavy atom. The lowest BCUT2D eigenvalue weighted by atomic mass is 10.0. The molecule has 0 bridgehead atoms. The number of nitrogens with zero attached hydrogens (tertiary/aromatic N) is 2. The Morgan fingerprint density at radius 2 is 2.11 bits per heavy atom. The van der Waals surface area contributed by atoms with E-state index in [0.717, 1.165) is 0 Å². The molecule has 1 aliphatic rings. The Balaban J connectivity index is 1.64. The number of anilines is 1. The predicted molar refractivity (Wildman–Crippen MR) is 138 cm³/mol. The molecule has 2 heterocycles. The number of pyridine rings is 1. The lowest BCUT2D eigenvalue weighted by Crippen LogP contribution is -2.41. The number of hydrogen-bond donors (Lipinski definition) is 5. The van der Waals surface area contributed by atoms with Crippen LogP contribution in [0.4, 0.5) is 10.1 Å². The molecule has 1 aromatic carbocycles. The topological polar surface area (TPSA) is 154 Å². The molecule has 1 unspecified atom stereocenters. The lowest BCUT2D eigenvalue weighted by molar-refractivity contribution is -0.143. The third-order valence-corrected chi connectivity index (χ3v) is 5.88. The molecule has 0 fully saturated rings. The number of hydrogen-bond acceptors (Lipinski definition) is 9. The van der Waals surface area contributed by atoms with Gasteiger partial charge in [0.1, 0.15) is 11.9 Å². The minimum absolute atomic E-state index is 0.0269. The van der Waals surface area contributed by atoms with Crippen molar-refractivity contribution in [2.45, 2.75) is 25.6 Å². The van der Waals surface area contributed by atoms with Gasteiger partial charge in [-0.25, -0.2) is 9.38 Å². The molecule has 5 N–H and O–H groups in total. The van der Waals surface area contributed by atoms with Crippen molar-refractivity contribution < 1.29 is 28.6 Å². The van der Waals surface area contributed by atoms with E-state index in [1.807, 2.05) is 0 Å². The molecule has 0 radical (unpaired) electrons. The number of phenolic OH excluding ortho intramolecular Hbond substituents is 1. The van der Waals surface area contributed by atoms with Crippen LogP contribution in [0.1, 0.15) is 35.3 Å². The van der Waals surface area contributed by atoms with Crippen molar-refractivity contribution in [2.24, 2.45) is 4.99 Å². The van der Waals surface area contributed by atoms with Crippen LogP contribution in [0.2, 0.25) is 5.02 Å². The Labute approximate surface area is 225 Å². The maximum Gasteiger partial charge on any atom is 0.308 e. The minimum Gasteiger partial charge on any atom is -0.506 e. The normalized spacial score (nSPS) is 15.6. The summed E-state index contributed by atoms with van der Waals surface area (Å²) in [6.45, 7) is 1.51. The summed E-state index contributed by atoms with van der Waals surface area (Å²) in [5.74, 6) is -1.64.